The topological polar surface area (TPSA) is 24.5 Å². The maximum absolute atomic E-state index is 5.55. The Morgan fingerprint density at radius 2 is 2.31 bits per heavy atom. The third-order valence-electron chi connectivity index (χ3n) is 4.02. The van der Waals surface area contributed by atoms with E-state index in [2.05, 4.69) is 24.1 Å². The molecule has 0 aromatic carbocycles. The molecule has 16 heavy (non-hydrogen) atoms. The van der Waals surface area contributed by atoms with Gasteiger partial charge in [-0.25, -0.2) is 0 Å². The van der Waals surface area contributed by atoms with Crippen LogP contribution in [0.1, 0.15) is 33.1 Å². The Hall–Kier alpha value is -0.120. The lowest BCUT2D eigenvalue weighted by molar-refractivity contribution is -0.0530. The summed E-state index contributed by atoms with van der Waals surface area (Å²) in [5, 5.41) is 3.50. The second kappa shape index (κ2) is 5.48. The maximum atomic E-state index is 5.55. The summed E-state index contributed by atoms with van der Waals surface area (Å²) in [6.07, 6.45) is 4.12. The third-order valence-corrected chi connectivity index (χ3v) is 4.02. The minimum absolute atomic E-state index is 0.236. The molecule has 0 radical (unpaired) electrons. The monoisotopic (exact) mass is 226 g/mol. The first-order chi connectivity index (χ1) is 7.68. The average Bonchev–Trinajstić information content (AvgIpc) is 2.28. The number of morpholine rings is 1. The SMILES string of the molecule is CC1(C)COCCN1CCC1CCCNC1. The first-order valence-corrected chi connectivity index (χ1v) is 6.72. The molecule has 0 spiro atoms. The van der Waals surface area contributed by atoms with Crippen LogP contribution in [0.2, 0.25) is 0 Å². The van der Waals surface area contributed by atoms with Crippen molar-refractivity contribution in [3.63, 3.8) is 0 Å². The predicted molar refractivity (Wildman–Crippen MR) is 66.7 cm³/mol. The summed E-state index contributed by atoms with van der Waals surface area (Å²) < 4.78 is 5.55. The van der Waals surface area contributed by atoms with E-state index < -0.39 is 0 Å². The molecule has 0 amide bonds. The van der Waals surface area contributed by atoms with Crippen molar-refractivity contribution in [2.75, 3.05) is 39.4 Å². The Balaban J connectivity index is 1.75. The Morgan fingerprint density at radius 3 is 3.00 bits per heavy atom. The molecule has 0 bridgehead atoms. The highest BCUT2D eigenvalue weighted by atomic mass is 16.5. The molecule has 0 aromatic heterocycles. The van der Waals surface area contributed by atoms with E-state index in [1.165, 1.54) is 38.9 Å². The van der Waals surface area contributed by atoms with Crippen LogP contribution in [0.15, 0.2) is 0 Å². The first kappa shape index (κ1) is 12.3. The van der Waals surface area contributed by atoms with E-state index in [0.717, 1.165) is 25.7 Å². The zero-order valence-electron chi connectivity index (χ0n) is 10.8. The highest BCUT2D eigenvalue weighted by molar-refractivity contribution is 4.85. The van der Waals surface area contributed by atoms with Gasteiger partial charge in [0.05, 0.1) is 13.2 Å². The summed E-state index contributed by atoms with van der Waals surface area (Å²) in [7, 11) is 0. The van der Waals surface area contributed by atoms with Crippen LogP contribution in [-0.2, 0) is 4.74 Å². The fraction of sp³-hybridized carbons (Fsp3) is 1.00. The van der Waals surface area contributed by atoms with E-state index in [4.69, 9.17) is 4.74 Å². The summed E-state index contributed by atoms with van der Waals surface area (Å²) in [4.78, 5) is 2.60. The Morgan fingerprint density at radius 1 is 1.44 bits per heavy atom. The second-order valence-corrected chi connectivity index (χ2v) is 5.85. The zero-order chi connectivity index (χ0) is 11.4. The van der Waals surface area contributed by atoms with E-state index in [1.807, 2.05) is 0 Å². The van der Waals surface area contributed by atoms with Gasteiger partial charge in [-0.05, 0) is 58.7 Å². The van der Waals surface area contributed by atoms with Crippen LogP contribution in [0.3, 0.4) is 0 Å². The minimum Gasteiger partial charge on any atom is -0.378 e. The van der Waals surface area contributed by atoms with Gasteiger partial charge in [0.25, 0.3) is 0 Å². The molecule has 2 aliphatic rings. The Bertz CT molecular complexity index is 212. The van der Waals surface area contributed by atoms with E-state index >= 15 is 0 Å². The van der Waals surface area contributed by atoms with Crippen molar-refractivity contribution in [2.45, 2.75) is 38.6 Å². The molecule has 2 heterocycles. The van der Waals surface area contributed by atoms with Gasteiger partial charge >= 0.3 is 0 Å². The van der Waals surface area contributed by atoms with Crippen LogP contribution in [-0.4, -0.2) is 49.8 Å². The van der Waals surface area contributed by atoms with E-state index in [-0.39, 0.29) is 5.54 Å². The fourth-order valence-electron chi connectivity index (χ4n) is 2.81. The van der Waals surface area contributed by atoms with Crippen molar-refractivity contribution >= 4 is 0 Å². The summed E-state index contributed by atoms with van der Waals surface area (Å²) in [6.45, 7) is 11.2. The molecule has 0 aromatic rings. The van der Waals surface area contributed by atoms with Crippen molar-refractivity contribution in [2.24, 2.45) is 5.92 Å². The summed E-state index contributed by atoms with van der Waals surface area (Å²) in [5.74, 6) is 0.896. The smallest absolute Gasteiger partial charge is 0.0645 e. The Kier molecular flexibility index (Phi) is 4.22. The first-order valence-electron chi connectivity index (χ1n) is 6.72. The molecule has 2 rings (SSSR count). The average molecular weight is 226 g/mol. The van der Waals surface area contributed by atoms with Gasteiger partial charge in [-0.15, -0.1) is 0 Å². The lowest BCUT2D eigenvalue weighted by Gasteiger charge is -2.42. The normalized spacial score (nSPS) is 31.5. The Labute approximate surface area is 99.5 Å². The number of ether oxygens (including phenoxy) is 1. The molecular weight excluding hydrogens is 200 g/mol. The third kappa shape index (κ3) is 3.19. The molecule has 0 aliphatic carbocycles. The van der Waals surface area contributed by atoms with Crippen molar-refractivity contribution in [1.82, 2.24) is 10.2 Å². The molecule has 1 atom stereocenters. The van der Waals surface area contributed by atoms with Gasteiger partial charge in [0.15, 0.2) is 0 Å². The van der Waals surface area contributed by atoms with Gasteiger partial charge in [0.1, 0.15) is 0 Å². The summed E-state index contributed by atoms with van der Waals surface area (Å²) in [6, 6.07) is 0. The molecule has 2 fully saturated rings. The number of piperidine rings is 1. The molecule has 0 saturated carbocycles. The number of nitrogens with one attached hydrogen (secondary N) is 1. The molecule has 2 aliphatic heterocycles. The number of hydrogen-bond donors (Lipinski definition) is 1. The molecule has 1 N–H and O–H groups in total. The van der Waals surface area contributed by atoms with Gasteiger partial charge in [-0.2, -0.15) is 0 Å². The summed E-state index contributed by atoms with van der Waals surface area (Å²) >= 11 is 0. The fourth-order valence-corrected chi connectivity index (χ4v) is 2.81. The van der Waals surface area contributed by atoms with Crippen LogP contribution >= 0.6 is 0 Å². The van der Waals surface area contributed by atoms with Crippen LogP contribution in [0.4, 0.5) is 0 Å². The van der Waals surface area contributed by atoms with Gasteiger partial charge in [0.2, 0.25) is 0 Å². The van der Waals surface area contributed by atoms with Gasteiger partial charge in [-0.1, -0.05) is 0 Å². The molecule has 94 valence electrons. The zero-order valence-corrected chi connectivity index (χ0v) is 10.8. The lowest BCUT2D eigenvalue weighted by Crippen LogP contribution is -2.53. The highest BCUT2D eigenvalue weighted by Crippen LogP contribution is 2.21. The van der Waals surface area contributed by atoms with E-state index in [9.17, 15) is 0 Å². The standard InChI is InChI=1S/C13H26N2O/c1-13(2)11-16-9-8-15(13)7-5-12-4-3-6-14-10-12/h12,14H,3-11H2,1-2H3. The van der Waals surface area contributed by atoms with Gasteiger partial charge < -0.3 is 10.1 Å². The van der Waals surface area contributed by atoms with Gasteiger partial charge in [-0.3, -0.25) is 4.90 Å². The summed E-state index contributed by atoms with van der Waals surface area (Å²) in [5.41, 5.74) is 0.236. The van der Waals surface area contributed by atoms with Crippen LogP contribution in [0, 0.1) is 5.92 Å². The van der Waals surface area contributed by atoms with Crippen molar-refractivity contribution in [3.05, 3.63) is 0 Å². The number of nitrogens with zero attached hydrogens (tertiary/aromatic N) is 1. The van der Waals surface area contributed by atoms with Gasteiger partial charge in [0, 0.05) is 12.1 Å². The molecule has 2 saturated heterocycles. The largest absolute Gasteiger partial charge is 0.378 e. The van der Waals surface area contributed by atoms with E-state index in [0.29, 0.717) is 0 Å². The number of hydrogen-bond acceptors (Lipinski definition) is 3. The van der Waals surface area contributed by atoms with Crippen molar-refractivity contribution in [3.8, 4) is 0 Å². The molecule has 3 nitrogen and oxygen atoms in total. The molecule has 3 heteroatoms. The van der Waals surface area contributed by atoms with Crippen LogP contribution in [0.5, 0.6) is 0 Å². The minimum atomic E-state index is 0.236. The lowest BCUT2D eigenvalue weighted by atomic mass is 9.94. The quantitative estimate of drug-likeness (QED) is 0.789. The predicted octanol–water partition coefficient (Wildman–Crippen LogP) is 1.49. The molecule has 1 unspecified atom stereocenters. The highest BCUT2D eigenvalue weighted by Gasteiger charge is 2.30. The second-order valence-electron chi connectivity index (χ2n) is 5.85. The molecular formula is C13H26N2O. The number of rotatable bonds is 3. The van der Waals surface area contributed by atoms with Crippen molar-refractivity contribution < 1.29 is 4.74 Å². The van der Waals surface area contributed by atoms with Crippen LogP contribution in [0.25, 0.3) is 0 Å². The maximum Gasteiger partial charge on any atom is 0.0645 e. The van der Waals surface area contributed by atoms with Crippen LogP contribution < -0.4 is 5.32 Å². The van der Waals surface area contributed by atoms with Crippen molar-refractivity contribution in [1.29, 1.82) is 0 Å². The van der Waals surface area contributed by atoms with E-state index in [1.54, 1.807) is 0 Å².